The molecule has 0 saturated carbocycles. The number of hydrogen-bond acceptors (Lipinski definition) is 7. The number of nitrogens with zero attached hydrogens (tertiary/aromatic N) is 3. The van der Waals surface area contributed by atoms with Gasteiger partial charge in [0.15, 0.2) is 0 Å². The molecule has 1 heterocycles. The molecule has 0 unspecified atom stereocenters. The highest BCUT2D eigenvalue weighted by atomic mass is 16.6. The lowest BCUT2D eigenvalue weighted by Crippen LogP contribution is -2.45. The summed E-state index contributed by atoms with van der Waals surface area (Å²) in [6.45, 7) is 7.41. The van der Waals surface area contributed by atoms with Crippen LogP contribution in [0.2, 0.25) is 0 Å². The van der Waals surface area contributed by atoms with Gasteiger partial charge in [-0.2, -0.15) is 0 Å². The maximum atomic E-state index is 13.3. The quantitative estimate of drug-likeness (QED) is 0.116. The topological polar surface area (TPSA) is 86.4 Å². The Kier molecular flexibility index (Phi) is 15.0. The number of unbranched alkanes of at least 4 members (excludes halogenated alkanes) is 2. The van der Waals surface area contributed by atoms with Gasteiger partial charge in [-0.25, -0.2) is 10.2 Å². The lowest BCUT2D eigenvalue weighted by Gasteiger charge is -2.32. The van der Waals surface area contributed by atoms with Crippen LogP contribution in [0.1, 0.15) is 57.4 Å². The molecule has 4 rings (SSSR count). The molecule has 0 aliphatic carbocycles. The van der Waals surface area contributed by atoms with Crippen molar-refractivity contribution in [2.75, 3.05) is 58.7 Å². The van der Waals surface area contributed by atoms with E-state index < -0.39 is 6.09 Å². The normalized spacial score (nSPS) is 13.8. The van der Waals surface area contributed by atoms with E-state index in [1.165, 1.54) is 0 Å². The fourth-order valence-corrected chi connectivity index (χ4v) is 5.66. The standard InChI is InChI=1S/C38H53N5O4/c1-4-5-11-25-43(39-30-31-17-19-33(20-18-31)46-29-12-24-41(2)3)37(44)23-28-42-26-21-34(22-27-42)47-38(45)40-36-16-10-9-15-35(36)32-13-7-6-8-14-32/h6-10,13-20,34,39H,4-5,11-12,21-30H2,1-3H3,(H,40,45). The van der Waals surface area contributed by atoms with Crippen molar-refractivity contribution in [3.8, 4) is 16.9 Å². The zero-order valence-corrected chi connectivity index (χ0v) is 28.5. The average Bonchev–Trinajstić information content (AvgIpc) is 3.09. The van der Waals surface area contributed by atoms with E-state index in [-0.39, 0.29) is 12.0 Å². The van der Waals surface area contributed by atoms with Gasteiger partial charge in [0.05, 0.1) is 12.3 Å². The summed E-state index contributed by atoms with van der Waals surface area (Å²) >= 11 is 0. The Labute approximate surface area is 281 Å². The van der Waals surface area contributed by atoms with E-state index in [9.17, 15) is 9.59 Å². The molecular formula is C38H53N5O4. The van der Waals surface area contributed by atoms with Crippen LogP contribution in [0.25, 0.3) is 11.1 Å². The number of nitrogens with one attached hydrogen (secondary N) is 2. The molecule has 1 saturated heterocycles. The van der Waals surface area contributed by atoms with E-state index in [1.54, 1.807) is 5.01 Å². The van der Waals surface area contributed by atoms with E-state index in [0.717, 1.165) is 86.3 Å². The Morgan fingerprint density at radius 2 is 1.60 bits per heavy atom. The lowest BCUT2D eigenvalue weighted by atomic mass is 10.0. The van der Waals surface area contributed by atoms with Crippen molar-refractivity contribution >= 4 is 17.7 Å². The summed E-state index contributed by atoms with van der Waals surface area (Å²) in [5, 5.41) is 4.74. The highest BCUT2D eigenvalue weighted by molar-refractivity contribution is 5.91. The van der Waals surface area contributed by atoms with Crippen LogP contribution in [-0.4, -0.2) is 86.3 Å². The second kappa shape index (κ2) is 19.7. The minimum atomic E-state index is -0.432. The summed E-state index contributed by atoms with van der Waals surface area (Å²) in [4.78, 5) is 30.5. The van der Waals surface area contributed by atoms with E-state index in [2.05, 4.69) is 53.7 Å². The predicted octanol–water partition coefficient (Wildman–Crippen LogP) is 6.81. The summed E-state index contributed by atoms with van der Waals surface area (Å²) in [5.74, 6) is 0.975. The minimum Gasteiger partial charge on any atom is -0.494 e. The van der Waals surface area contributed by atoms with E-state index in [0.29, 0.717) is 32.7 Å². The van der Waals surface area contributed by atoms with Crippen LogP contribution in [-0.2, 0) is 16.1 Å². The van der Waals surface area contributed by atoms with Crippen LogP contribution in [0, 0.1) is 0 Å². The van der Waals surface area contributed by atoms with Gasteiger partial charge in [0.2, 0.25) is 5.91 Å². The number of anilines is 1. The minimum absolute atomic E-state index is 0.108. The first-order valence-electron chi connectivity index (χ1n) is 17.2. The predicted molar refractivity (Wildman–Crippen MR) is 189 cm³/mol. The molecule has 3 aromatic carbocycles. The van der Waals surface area contributed by atoms with Gasteiger partial charge in [0.1, 0.15) is 11.9 Å². The summed E-state index contributed by atoms with van der Waals surface area (Å²) in [7, 11) is 4.13. The molecule has 1 fully saturated rings. The summed E-state index contributed by atoms with van der Waals surface area (Å²) in [6.07, 6.45) is 5.50. The van der Waals surface area contributed by atoms with Crippen LogP contribution < -0.4 is 15.5 Å². The van der Waals surface area contributed by atoms with Gasteiger partial charge < -0.3 is 19.3 Å². The smallest absolute Gasteiger partial charge is 0.411 e. The van der Waals surface area contributed by atoms with Crippen molar-refractivity contribution in [2.24, 2.45) is 0 Å². The molecule has 2 amide bonds. The van der Waals surface area contributed by atoms with Gasteiger partial charge >= 0.3 is 6.09 Å². The second-order valence-corrected chi connectivity index (χ2v) is 12.5. The SMILES string of the molecule is CCCCCN(NCc1ccc(OCCCN(C)C)cc1)C(=O)CCN1CCC(OC(=O)Nc2ccccc2-c2ccccc2)CC1. The van der Waals surface area contributed by atoms with Crippen molar-refractivity contribution in [3.05, 3.63) is 84.4 Å². The van der Waals surface area contributed by atoms with Gasteiger partial charge in [-0.3, -0.25) is 15.1 Å². The molecular weight excluding hydrogens is 590 g/mol. The molecule has 0 spiro atoms. The molecule has 9 nitrogen and oxygen atoms in total. The molecule has 2 N–H and O–H groups in total. The monoisotopic (exact) mass is 643 g/mol. The Morgan fingerprint density at radius 1 is 0.872 bits per heavy atom. The zero-order valence-electron chi connectivity index (χ0n) is 28.5. The van der Waals surface area contributed by atoms with Gasteiger partial charge in [0, 0.05) is 51.3 Å². The lowest BCUT2D eigenvalue weighted by molar-refractivity contribution is -0.135. The number of likely N-dealkylation sites (tertiary alicyclic amines) is 1. The highest BCUT2D eigenvalue weighted by Crippen LogP contribution is 2.28. The molecule has 0 atom stereocenters. The first-order valence-corrected chi connectivity index (χ1v) is 17.2. The first kappa shape index (κ1) is 35.9. The van der Waals surface area contributed by atoms with Gasteiger partial charge in [-0.15, -0.1) is 0 Å². The number of benzene rings is 3. The van der Waals surface area contributed by atoms with E-state index >= 15 is 0 Å². The third kappa shape index (κ3) is 12.7. The highest BCUT2D eigenvalue weighted by Gasteiger charge is 2.24. The maximum Gasteiger partial charge on any atom is 0.411 e. The number of amides is 2. The Morgan fingerprint density at radius 3 is 2.32 bits per heavy atom. The Bertz CT molecular complexity index is 1340. The fourth-order valence-electron chi connectivity index (χ4n) is 5.66. The summed E-state index contributed by atoms with van der Waals surface area (Å²) in [5.41, 5.74) is 7.21. The molecule has 0 aromatic heterocycles. The van der Waals surface area contributed by atoms with Gasteiger partial charge in [0.25, 0.3) is 0 Å². The van der Waals surface area contributed by atoms with Crippen LogP contribution in [0.5, 0.6) is 5.75 Å². The summed E-state index contributed by atoms with van der Waals surface area (Å²) < 4.78 is 11.7. The van der Waals surface area contributed by atoms with E-state index in [1.807, 2.05) is 66.7 Å². The molecule has 1 aliphatic heterocycles. The van der Waals surface area contributed by atoms with Crippen molar-refractivity contribution in [1.29, 1.82) is 0 Å². The fraction of sp³-hybridized carbons (Fsp3) is 0.474. The largest absolute Gasteiger partial charge is 0.494 e. The van der Waals surface area contributed by atoms with Crippen molar-refractivity contribution < 1.29 is 19.1 Å². The van der Waals surface area contributed by atoms with E-state index in [4.69, 9.17) is 9.47 Å². The van der Waals surface area contributed by atoms with Gasteiger partial charge in [-0.1, -0.05) is 80.4 Å². The average molecular weight is 644 g/mol. The number of para-hydroxylation sites is 1. The van der Waals surface area contributed by atoms with Crippen molar-refractivity contribution in [1.82, 2.24) is 20.2 Å². The molecule has 3 aromatic rings. The zero-order chi connectivity index (χ0) is 33.3. The van der Waals surface area contributed by atoms with Crippen LogP contribution in [0.3, 0.4) is 0 Å². The number of piperidine rings is 1. The second-order valence-electron chi connectivity index (χ2n) is 12.5. The third-order valence-corrected chi connectivity index (χ3v) is 8.40. The van der Waals surface area contributed by atoms with Gasteiger partial charge in [-0.05, 0) is 69.1 Å². The number of hydrogen-bond donors (Lipinski definition) is 2. The Balaban J connectivity index is 1.18. The molecule has 254 valence electrons. The molecule has 9 heteroatoms. The summed E-state index contributed by atoms with van der Waals surface area (Å²) in [6, 6.07) is 25.8. The molecule has 47 heavy (non-hydrogen) atoms. The number of carbonyl (C=O) groups is 2. The number of carbonyl (C=O) groups excluding carboxylic acids is 2. The van der Waals surface area contributed by atoms with Crippen molar-refractivity contribution in [2.45, 2.75) is 64.5 Å². The van der Waals surface area contributed by atoms with Crippen LogP contribution >= 0.6 is 0 Å². The van der Waals surface area contributed by atoms with Crippen LogP contribution in [0.15, 0.2) is 78.9 Å². The maximum absolute atomic E-state index is 13.3. The molecule has 0 radical (unpaired) electrons. The van der Waals surface area contributed by atoms with Crippen molar-refractivity contribution in [3.63, 3.8) is 0 Å². The first-order chi connectivity index (χ1) is 22.9. The van der Waals surface area contributed by atoms with Crippen LogP contribution in [0.4, 0.5) is 10.5 Å². The number of ether oxygens (including phenoxy) is 2. The molecule has 1 aliphatic rings. The number of hydrazine groups is 1. The Hall–Kier alpha value is -3.92. The number of rotatable bonds is 18. The molecule has 0 bridgehead atoms. The third-order valence-electron chi connectivity index (χ3n) is 8.40.